The van der Waals surface area contributed by atoms with Crippen molar-refractivity contribution in [3.63, 3.8) is 0 Å². The summed E-state index contributed by atoms with van der Waals surface area (Å²) in [5.74, 6) is 0.669. The number of likely N-dealkylation sites (N-methyl/N-ethyl adjacent to an activating group) is 1. The molecule has 2 atom stereocenters. The Bertz CT molecular complexity index is 243. The molecule has 0 spiro atoms. The van der Waals surface area contributed by atoms with Gasteiger partial charge >= 0.3 is 0 Å². The largest absolute Gasteiger partial charge is 0.394 e. The van der Waals surface area contributed by atoms with E-state index in [4.69, 9.17) is 9.47 Å². The zero-order valence-electron chi connectivity index (χ0n) is 11.5. The van der Waals surface area contributed by atoms with Crippen LogP contribution >= 0.6 is 0 Å². The third kappa shape index (κ3) is 3.67. The highest BCUT2D eigenvalue weighted by Crippen LogP contribution is 2.32. The van der Waals surface area contributed by atoms with E-state index in [0.29, 0.717) is 12.0 Å². The van der Waals surface area contributed by atoms with Gasteiger partial charge in [-0.05, 0) is 44.6 Å². The first-order chi connectivity index (χ1) is 8.78. The summed E-state index contributed by atoms with van der Waals surface area (Å²) >= 11 is 0. The summed E-state index contributed by atoms with van der Waals surface area (Å²) in [7, 11) is 0. The van der Waals surface area contributed by atoms with Crippen molar-refractivity contribution in [1.29, 1.82) is 0 Å². The van der Waals surface area contributed by atoms with Crippen LogP contribution in [-0.4, -0.2) is 49.7 Å². The first-order valence-electron chi connectivity index (χ1n) is 7.33. The van der Waals surface area contributed by atoms with Gasteiger partial charge in [-0.25, -0.2) is 0 Å². The lowest BCUT2D eigenvalue weighted by molar-refractivity contribution is -0.0121. The van der Waals surface area contributed by atoms with Crippen LogP contribution in [0.4, 0.5) is 0 Å². The summed E-state index contributed by atoms with van der Waals surface area (Å²) in [6.07, 6.45) is 5.61. The van der Waals surface area contributed by atoms with Crippen molar-refractivity contribution in [2.24, 2.45) is 5.92 Å². The second-order valence-corrected chi connectivity index (χ2v) is 5.72. The molecule has 18 heavy (non-hydrogen) atoms. The first kappa shape index (κ1) is 14.3. The Labute approximate surface area is 110 Å². The summed E-state index contributed by atoms with van der Waals surface area (Å²) in [6, 6.07) is 0. The Morgan fingerprint density at radius 1 is 1.33 bits per heavy atom. The number of nitrogens with one attached hydrogen (secondary N) is 1. The van der Waals surface area contributed by atoms with E-state index in [1.807, 2.05) is 0 Å². The molecule has 2 aliphatic rings. The molecular weight excluding hydrogens is 230 g/mol. The lowest BCUT2D eigenvalue weighted by Crippen LogP contribution is -2.46. The highest BCUT2D eigenvalue weighted by molar-refractivity contribution is 4.96. The fourth-order valence-corrected chi connectivity index (χ4v) is 3.14. The number of aliphatic hydroxyl groups is 1. The van der Waals surface area contributed by atoms with Crippen LogP contribution in [0.25, 0.3) is 0 Å². The van der Waals surface area contributed by atoms with Gasteiger partial charge in [-0.1, -0.05) is 6.92 Å². The first-order valence-corrected chi connectivity index (χ1v) is 7.33. The molecule has 2 fully saturated rings. The Kier molecular flexibility index (Phi) is 5.42. The van der Waals surface area contributed by atoms with Crippen LogP contribution in [-0.2, 0) is 9.47 Å². The van der Waals surface area contributed by atoms with Crippen LogP contribution < -0.4 is 5.32 Å². The third-order valence-electron chi connectivity index (χ3n) is 4.33. The van der Waals surface area contributed by atoms with Crippen LogP contribution in [0.1, 0.15) is 39.0 Å². The minimum Gasteiger partial charge on any atom is -0.394 e. The SMILES string of the molecule is CCNC1(CO)CCC(OCC2CCOCC2)C1. The number of rotatable bonds is 6. The van der Waals surface area contributed by atoms with E-state index in [1.54, 1.807) is 0 Å². The van der Waals surface area contributed by atoms with Gasteiger partial charge in [0.15, 0.2) is 0 Å². The number of hydrogen-bond acceptors (Lipinski definition) is 4. The minimum absolute atomic E-state index is 0.0882. The lowest BCUT2D eigenvalue weighted by atomic mass is 9.99. The predicted octanol–water partition coefficient (Wildman–Crippen LogP) is 1.32. The van der Waals surface area contributed by atoms with Crippen LogP contribution in [0.5, 0.6) is 0 Å². The molecule has 0 aromatic carbocycles. The molecule has 1 heterocycles. The van der Waals surface area contributed by atoms with Crippen molar-refractivity contribution in [1.82, 2.24) is 5.32 Å². The Morgan fingerprint density at radius 2 is 2.11 bits per heavy atom. The van der Waals surface area contributed by atoms with E-state index >= 15 is 0 Å². The van der Waals surface area contributed by atoms with Crippen LogP contribution in [0.3, 0.4) is 0 Å². The maximum absolute atomic E-state index is 9.55. The van der Waals surface area contributed by atoms with Gasteiger partial charge in [-0.3, -0.25) is 0 Å². The summed E-state index contributed by atoms with van der Waals surface area (Å²) in [5.41, 5.74) is -0.0882. The van der Waals surface area contributed by atoms with Gasteiger partial charge in [0.1, 0.15) is 0 Å². The van der Waals surface area contributed by atoms with Crippen LogP contribution in [0.15, 0.2) is 0 Å². The molecule has 4 nitrogen and oxygen atoms in total. The van der Waals surface area contributed by atoms with E-state index < -0.39 is 0 Å². The molecule has 1 aliphatic heterocycles. The zero-order valence-corrected chi connectivity index (χ0v) is 11.5. The summed E-state index contributed by atoms with van der Waals surface area (Å²) < 4.78 is 11.4. The fraction of sp³-hybridized carbons (Fsp3) is 1.00. The highest BCUT2D eigenvalue weighted by Gasteiger charge is 2.38. The maximum atomic E-state index is 9.55. The van der Waals surface area contributed by atoms with E-state index in [0.717, 1.165) is 58.5 Å². The Balaban J connectivity index is 1.71. The normalized spacial score (nSPS) is 34.0. The molecule has 1 saturated heterocycles. The van der Waals surface area contributed by atoms with Gasteiger partial charge in [0.25, 0.3) is 0 Å². The van der Waals surface area contributed by atoms with Crippen molar-refractivity contribution in [2.45, 2.75) is 50.7 Å². The smallest absolute Gasteiger partial charge is 0.0614 e. The average Bonchev–Trinajstić information content (AvgIpc) is 2.82. The van der Waals surface area contributed by atoms with Gasteiger partial charge < -0.3 is 19.9 Å². The average molecular weight is 257 g/mol. The molecule has 2 unspecified atom stereocenters. The second kappa shape index (κ2) is 6.85. The van der Waals surface area contributed by atoms with E-state index in [-0.39, 0.29) is 12.1 Å². The highest BCUT2D eigenvalue weighted by atomic mass is 16.5. The molecule has 0 radical (unpaired) electrons. The van der Waals surface area contributed by atoms with E-state index in [2.05, 4.69) is 12.2 Å². The van der Waals surface area contributed by atoms with Crippen LogP contribution in [0, 0.1) is 5.92 Å². The number of ether oxygens (including phenoxy) is 2. The second-order valence-electron chi connectivity index (χ2n) is 5.72. The molecule has 4 heteroatoms. The zero-order chi connectivity index (χ0) is 12.8. The molecular formula is C14H27NO3. The molecule has 0 aromatic heterocycles. The van der Waals surface area contributed by atoms with Crippen molar-refractivity contribution in [3.8, 4) is 0 Å². The summed E-state index contributed by atoms with van der Waals surface area (Å²) in [6.45, 7) is 5.85. The fourth-order valence-electron chi connectivity index (χ4n) is 3.14. The molecule has 1 aliphatic carbocycles. The van der Waals surface area contributed by atoms with Crippen molar-refractivity contribution in [2.75, 3.05) is 33.0 Å². The van der Waals surface area contributed by atoms with E-state index in [9.17, 15) is 5.11 Å². The van der Waals surface area contributed by atoms with Gasteiger partial charge in [0.2, 0.25) is 0 Å². The topological polar surface area (TPSA) is 50.7 Å². The van der Waals surface area contributed by atoms with Crippen molar-refractivity contribution in [3.05, 3.63) is 0 Å². The maximum Gasteiger partial charge on any atom is 0.0614 e. The van der Waals surface area contributed by atoms with Gasteiger partial charge in [-0.2, -0.15) is 0 Å². The monoisotopic (exact) mass is 257 g/mol. The standard InChI is InChI=1S/C14H27NO3/c1-2-15-14(11-16)6-3-13(9-14)18-10-12-4-7-17-8-5-12/h12-13,15-16H,2-11H2,1H3. The molecule has 106 valence electrons. The Morgan fingerprint density at radius 3 is 2.78 bits per heavy atom. The van der Waals surface area contributed by atoms with Crippen molar-refractivity contribution < 1.29 is 14.6 Å². The quantitative estimate of drug-likeness (QED) is 0.753. The van der Waals surface area contributed by atoms with Crippen LogP contribution in [0.2, 0.25) is 0 Å². The number of aliphatic hydroxyl groups excluding tert-OH is 1. The van der Waals surface area contributed by atoms with E-state index in [1.165, 1.54) is 0 Å². The summed E-state index contributed by atoms with van der Waals surface area (Å²) in [4.78, 5) is 0. The molecule has 2 rings (SSSR count). The predicted molar refractivity (Wildman–Crippen MR) is 70.6 cm³/mol. The molecule has 1 saturated carbocycles. The molecule has 0 amide bonds. The molecule has 0 bridgehead atoms. The molecule has 0 aromatic rings. The Hall–Kier alpha value is -0.160. The molecule has 2 N–H and O–H groups in total. The number of hydrogen-bond donors (Lipinski definition) is 2. The van der Waals surface area contributed by atoms with Gasteiger partial charge in [0, 0.05) is 25.4 Å². The minimum atomic E-state index is -0.0882. The third-order valence-corrected chi connectivity index (χ3v) is 4.33. The lowest BCUT2D eigenvalue weighted by Gasteiger charge is -2.28. The van der Waals surface area contributed by atoms with Gasteiger partial charge in [-0.15, -0.1) is 0 Å². The summed E-state index contributed by atoms with van der Waals surface area (Å²) in [5, 5.41) is 13.0. The van der Waals surface area contributed by atoms with Gasteiger partial charge in [0.05, 0.1) is 12.7 Å². The van der Waals surface area contributed by atoms with Crippen molar-refractivity contribution >= 4 is 0 Å².